The van der Waals surface area contributed by atoms with Gasteiger partial charge in [-0.1, -0.05) is 18.2 Å². The van der Waals surface area contributed by atoms with E-state index in [2.05, 4.69) is 4.98 Å². The van der Waals surface area contributed by atoms with E-state index in [9.17, 15) is 25.2 Å². The Morgan fingerprint density at radius 2 is 1.57 bits per heavy atom. The van der Waals surface area contributed by atoms with Crippen LogP contribution in [0, 0.1) is 0 Å². The first-order chi connectivity index (χ1) is 13.5. The minimum absolute atomic E-state index is 0.00943. The molecule has 144 valence electrons. The van der Waals surface area contributed by atoms with Crippen molar-refractivity contribution in [2.75, 3.05) is 0 Å². The lowest BCUT2D eigenvalue weighted by Crippen LogP contribution is -2.47. The van der Waals surface area contributed by atoms with E-state index in [0.29, 0.717) is 22.8 Å². The largest absolute Gasteiger partial charge is 0.480 e. The number of imidazole rings is 1. The van der Waals surface area contributed by atoms with Crippen LogP contribution in [-0.2, 0) is 4.79 Å². The molecule has 0 bridgehead atoms. The molecule has 0 spiro atoms. The maximum Gasteiger partial charge on any atom is 0.329 e. The van der Waals surface area contributed by atoms with E-state index in [0.717, 1.165) is 0 Å². The van der Waals surface area contributed by atoms with Gasteiger partial charge in [0.15, 0.2) is 6.04 Å². The van der Waals surface area contributed by atoms with Crippen molar-refractivity contribution in [2.45, 2.75) is 24.4 Å². The van der Waals surface area contributed by atoms with E-state index in [1.54, 1.807) is 24.3 Å². The van der Waals surface area contributed by atoms with Gasteiger partial charge in [0.1, 0.15) is 35.6 Å². The molecule has 1 aliphatic rings. The van der Waals surface area contributed by atoms with Crippen molar-refractivity contribution in [3.05, 3.63) is 66.6 Å². The number of hydrogen-bond acceptors (Lipinski definition) is 6. The van der Waals surface area contributed by atoms with Gasteiger partial charge in [-0.2, -0.15) is 0 Å². The number of hydrogen-bond donors (Lipinski definition) is 4. The fourth-order valence-electron chi connectivity index (χ4n) is 3.26. The van der Waals surface area contributed by atoms with Crippen LogP contribution in [-0.4, -0.2) is 48.2 Å². The number of aromatic nitrogens is 2. The number of aliphatic hydroxyl groups excluding tert-OH is 3. The van der Waals surface area contributed by atoms with Crippen LogP contribution in [0.15, 0.2) is 60.8 Å². The van der Waals surface area contributed by atoms with Crippen LogP contribution in [0.25, 0.3) is 11.3 Å². The monoisotopic (exact) mass is 382 g/mol. The van der Waals surface area contributed by atoms with E-state index in [1.807, 2.05) is 30.3 Å². The first kappa shape index (κ1) is 18.2. The van der Waals surface area contributed by atoms with Crippen LogP contribution in [0.4, 0.5) is 0 Å². The highest BCUT2D eigenvalue weighted by molar-refractivity contribution is 5.74. The minimum Gasteiger partial charge on any atom is -0.480 e. The van der Waals surface area contributed by atoms with Gasteiger partial charge in [-0.3, -0.25) is 0 Å². The standard InChI is InChI=1S/C20H18N2O6/c23-16-15(20(26)27)22-10-14(21-19(22)18(25)17(16)24)11-6-8-13(9-7-11)28-12-4-2-1-3-5-12/h1-10,15-18,23-25H,(H,26,27)/t15-,16+,17-,18+/m0/s1. The Morgan fingerprint density at radius 1 is 0.929 bits per heavy atom. The second-order valence-electron chi connectivity index (χ2n) is 6.54. The van der Waals surface area contributed by atoms with Crippen molar-refractivity contribution in [2.24, 2.45) is 0 Å². The zero-order valence-corrected chi connectivity index (χ0v) is 14.6. The van der Waals surface area contributed by atoms with E-state index in [-0.39, 0.29) is 5.82 Å². The molecule has 0 aliphatic carbocycles. The van der Waals surface area contributed by atoms with E-state index >= 15 is 0 Å². The molecule has 2 heterocycles. The van der Waals surface area contributed by atoms with Gasteiger partial charge in [-0.15, -0.1) is 0 Å². The minimum atomic E-state index is -1.65. The van der Waals surface area contributed by atoms with E-state index < -0.39 is 30.3 Å². The summed E-state index contributed by atoms with van der Waals surface area (Å²) < 4.78 is 6.92. The van der Waals surface area contributed by atoms with Gasteiger partial charge in [-0.25, -0.2) is 9.78 Å². The molecular formula is C20H18N2O6. The van der Waals surface area contributed by atoms with Gasteiger partial charge in [0.2, 0.25) is 0 Å². The number of para-hydroxylation sites is 1. The van der Waals surface area contributed by atoms with E-state index in [4.69, 9.17) is 4.74 Å². The maximum absolute atomic E-state index is 11.5. The fraction of sp³-hybridized carbons (Fsp3) is 0.200. The first-order valence-corrected chi connectivity index (χ1v) is 8.65. The highest BCUT2D eigenvalue weighted by Gasteiger charge is 2.45. The van der Waals surface area contributed by atoms with Crippen LogP contribution in [0.3, 0.4) is 0 Å². The zero-order valence-electron chi connectivity index (χ0n) is 14.6. The van der Waals surface area contributed by atoms with E-state index in [1.165, 1.54) is 10.8 Å². The summed E-state index contributed by atoms with van der Waals surface area (Å²) in [6.45, 7) is 0. The second-order valence-corrected chi connectivity index (χ2v) is 6.54. The Labute approximate surface area is 159 Å². The van der Waals surface area contributed by atoms with Crippen LogP contribution in [0.2, 0.25) is 0 Å². The molecule has 3 aromatic rings. The quantitative estimate of drug-likeness (QED) is 0.542. The smallest absolute Gasteiger partial charge is 0.329 e. The zero-order chi connectivity index (χ0) is 19.8. The summed E-state index contributed by atoms with van der Waals surface area (Å²) in [5.41, 5.74) is 1.08. The number of carbonyl (C=O) groups is 1. The second kappa shape index (κ2) is 7.08. The molecule has 4 atom stereocenters. The molecule has 0 saturated heterocycles. The summed E-state index contributed by atoms with van der Waals surface area (Å²) in [5.74, 6) is -0.0172. The molecule has 1 aliphatic heterocycles. The topological polar surface area (TPSA) is 125 Å². The lowest BCUT2D eigenvalue weighted by atomic mass is 9.96. The molecular weight excluding hydrogens is 364 g/mol. The number of ether oxygens (including phenoxy) is 1. The SMILES string of the molecule is O=C(O)[C@@H]1[C@@H](O)[C@H](O)[C@@H](O)c2nc(-c3ccc(Oc4ccccc4)cc3)cn21. The fourth-order valence-corrected chi connectivity index (χ4v) is 3.26. The lowest BCUT2D eigenvalue weighted by Gasteiger charge is -2.33. The predicted molar refractivity (Wildman–Crippen MR) is 97.8 cm³/mol. The number of fused-ring (bicyclic) bond motifs is 1. The number of benzene rings is 2. The predicted octanol–water partition coefficient (Wildman–Crippen LogP) is 1.74. The molecule has 0 fully saturated rings. The van der Waals surface area contributed by atoms with Gasteiger partial charge >= 0.3 is 5.97 Å². The average molecular weight is 382 g/mol. The molecule has 0 radical (unpaired) electrons. The summed E-state index contributed by atoms with van der Waals surface area (Å²) in [7, 11) is 0. The van der Waals surface area contributed by atoms with Crippen LogP contribution in [0.1, 0.15) is 18.0 Å². The first-order valence-electron chi connectivity index (χ1n) is 8.65. The highest BCUT2D eigenvalue weighted by Crippen LogP contribution is 2.35. The Hall–Kier alpha value is -3.20. The normalized spacial score (nSPS) is 23.8. The van der Waals surface area contributed by atoms with Crippen molar-refractivity contribution in [3.63, 3.8) is 0 Å². The Bertz CT molecular complexity index is 986. The van der Waals surface area contributed by atoms with Crippen molar-refractivity contribution >= 4 is 5.97 Å². The Morgan fingerprint density at radius 3 is 2.21 bits per heavy atom. The average Bonchev–Trinajstić information content (AvgIpc) is 3.12. The molecule has 1 aromatic heterocycles. The molecule has 0 amide bonds. The molecule has 28 heavy (non-hydrogen) atoms. The van der Waals surface area contributed by atoms with Gasteiger partial charge < -0.3 is 29.7 Å². The number of carboxylic acid groups (broad SMARTS) is 1. The van der Waals surface area contributed by atoms with Crippen molar-refractivity contribution in [1.82, 2.24) is 9.55 Å². The Kier molecular flexibility index (Phi) is 4.60. The molecule has 0 unspecified atom stereocenters. The van der Waals surface area contributed by atoms with Crippen molar-refractivity contribution < 1.29 is 30.0 Å². The summed E-state index contributed by atoms with van der Waals surface area (Å²) in [4.78, 5) is 15.8. The van der Waals surface area contributed by atoms with Gasteiger partial charge in [-0.05, 0) is 36.4 Å². The van der Waals surface area contributed by atoms with Gasteiger partial charge in [0.05, 0.1) is 5.69 Å². The summed E-state index contributed by atoms with van der Waals surface area (Å²) in [6, 6.07) is 14.9. The number of aliphatic carboxylic acids is 1. The maximum atomic E-state index is 11.5. The molecule has 8 nitrogen and oxygen atoms in total. The summed E-state index contributed by atoms with van der Waals surface area (Å²) >= 11 is 0. The van der Waals surface area contributed by atoms with Crippen LogP contribution >= 0.6 is 0 Å². The van der Waals surface area contributed by atoms with Crippen molar-refractivity contribution in [3.8, 4) is 22.8 Å². The summed E-state index contributed by atoms with van der Waals surface area (Å²) in [5, 5.41) is 39.5. The third kappa shape index (κ3) is 3.13. The third-order valence-corrected chi connectivity index (χ3v) is 4.70. The number of nitrogens with zero attached hydrogens (tertiary/aromatic N) is 2. The Balaban J connectivity index is 1.64. The summed E-state index contributed by atoms with van der Waals surface area (Å²) in [6.07, 6.45) is -3.33. The molecule has 4 N–H and O–H groups in total. The number of carboxylic acids is 1. The molecule has 0 saturated carbocycles. The van der Waals surface area contributed by atoms with Gasteiger partial charge in [0, 0.05) is 11.8 Å². The molecule has 8 heteroatoms. The van der Waals surface area contributed by atoms with Crippen LogP contribution < -0.4 is 4.74 Å². The molecule has 4 rings (SSSR count). The van der Waals surface area contributed by atoms with Crippen LogP contribution in [0.5, 0.6) is 11.5 Å². The lowest BCUT2D eigenvalue weighted by molar-refractivity contribution is -0.156. The third-order valence-electron chi connectivity index (χ3n) is 4.70. The highest BCUT2D eigenvalue weighted by atomic mass is 16.5. The number of rotatable bonds is 4. The molecule has 2 aromatic carbocycles. The van der Waals surface area contributed by atoms with Gasteiger partial charge in [0.25, 0.3) is 0 Å². The van der Waals surface area contributed by atoms with Crippen molar-refractivity contribution in [1.29, 1.82) is 0 Å². The number of aliphatic hydroxyl groups is 3.